The molecule has 1 aromatic carbocycles. The molecule has 1 aromatic heterocycles. The van der Waals surface area contributed by atoms with Crippen molar-refractivity contribution in [3.63, 3.8) is 0 Å². The van der Waals surface area contributed by atoms with Crippen LogP contribution in [-0.2, 0) is 0 Å². The minimum Gasteiger partial charge on any atom is -0.497 e. The summed E-state index contributed by atoms with van der Waals surface area (Å²) < 4.78 is 5.19. The van der Waals surface area contributed by atoms with Crippen LogP contribution in [0.15, 0.2) is 30.3 Å². The molecule has 96 valence electrons. The first-order valence-electron chi connectivity index (χ1n) is 5.75. The number of nitriles is 1. The molecule has 2 rings (SSSR count). The molecule has 0 aliphatic rings. The molecule has 5 heteroatoms. The average molecular weight is 254 g/mol. The van der Waals surface area contributed by atoms with Crippen LogP contribution in [0, 0.1) is 11.3 Å². The van der Waals surface area contributed by atoms with Gasteiger partial charge < -0.3 is 9.64 Å². The van der Waals surface area contributed by atoms with Crippen LogP contribution < -0.4 is 9.64 Å². The molecule has 0 N–H and O–H groups in total. The maximum atomic E-state index is 9.03. The second kappa shape index (κ2) is 5.36. The van der Waals surface area contributed by atoms with Gasteiger partial charge in [0.15, 0.2) is 0 Å². The minimum absolute atomic E-state index is 0.344. The number of methoxy groups -OCH3 is 1. The highest BCUT2D eigenvalue weighted by Gasteiger charge is 2.08. The van der Waals surface area contributed by atoms with Crippen LogP contribution in [0.25, 0.3) is 11.3 Å². The molecule has 5 nitrogen and oxygen atoms in total. The molecular formula is C14H14N4O. The third-order valence-electron chi connectivity index (χ3n) is 2.59. The Kier molecular flexibility index (Phi) is 3.62. The van der Waals surface area contributed by atoms with Crippen molar-refractivity contribution in [2.45, 2.75) is 0 Å². The molecule has 19 heavy (non-hydrogen) atoms. The van der Waals surface area contributed by atoms with Gasteiger partial charge in [-0.3, -0.25) is 0 Å². The summed E-state index contributed by atoms with van der Waals surface area (Å²) >= 11 is 0. The van der Waals surface area contributed by atoms with Gasteiger partial charge in [-0.15, -0.1) is 0 Å². The van der Waals surface area contributed by atoms with Gasteiger partial charge in [0.05, 0.1) is 12.8 Å². The minimum atomic E-state index is 0.344. The number of hydrogen-bond acceptors (Lipinski definition) is 5. The van der Waals surface area contributed by atoms with E-state index in [4.69, 9.17) is 10.00 Å². The molecule has 0 saturated carbocycles. The van der Waals surface area contributed by atoms with Crippen molar-refractivity contribution in [1.82, 2.24) is 9.97 Å². The van der Waals surface area contributed by atoms with E-state index < -0.39 is 0 Å². The second-order valence-electron chi connectivity index (χ2n) is 4.18. The van der Waals surface area contributed by atoms with E-state index in [1.807, 2.05) is 38.4 Å². The van der Waals surface area contributed by atoms with Crippen LogP contribution in [-0.4, -0.2) is 31.2 Å². The predicted octanol–water partition coefficient (Wildman–Crippen LogP) is 2.09. The fraction of sp³-hybridized carbons (Fsp3) is 0.214. The van der Waals surface area contributed by atoms with Crippen LogP contribution in [0.1, 0.15) is 5.69 Å². The summed E-state index contributed by atoms with van der Waals surface area (Å²) in [6.45, 7) is 0. The van der Waals surface area contributed by atoms with Crippen LogP contribution in [0.2, 0.25) is 0 Å². The lowest BCUT2D eigenvalue weighted by molar-refractivity contribution is 0.415. The highest BCUT2D eigenvalue weighted by Crippen LogP contribution is 2.23. The maximum absolute atomic E-state index is 9.03. The van der Waals surface area contributed by atoms with E-state index in [0.717, 1.165) is 11.3 Å². The zero-order valence-electron chi connectivity index (χ0n) is 11.1. The maximum Gasteiger partial charge on any atom is 0.226 e. The molecule has 0 saturated heterocycles. The molecule has 0 unspecified atom stereocenters. The van der Waals surface area contributed by atoms with Crippen molar-refractivity contribution >= 4 is 5.95 Å². The van der Waals surface area contributed by atoms with E-state index in [-0.39, 0.29) is 0 Å². The molecule has 1 heterocycles. The quantitative estimate of drug-likeness (QED) is 0.839. The molecule has 0 radical (unpaired) electrons. The summed E-state index contributed by atoms with van der Waals surface area (Å²) in [6.07, 6.45) is 0. The Bertz CT molecular complexity index is 632. The molecule has 0 spiro atoms. The van der Waals surface area contributed by atoms with Crippen LogP contribution in [0.5, 0.6) is 5.75 Å². The Morgan fingerprint density at radius 2 is 2.00 bits per heavy atom. The zero-order chi connectivity index (χ0) is 13.8. The van der Waals surface area contributed by atoms with Crippen molar-refractivity contribution in [3.8, 4) is 23.1 Å². The van der Waals surface area contributed by atoms with Gasteiger partial charge in [-0.25, -0.2) is 9.97 Å². The first-order valence-corrected chi connectivity index (χ1v) is 5.75. The summed E-state index contributed by atoms with van der Waals surface area (Å²) in [6, 6.07) is 11.3. The van der Waals surface area contributed by atoms with E-state index in [1.54, 1.807) is 18.1 Å². The molecule has 0 aliphatic heterocycles. The van der Waals surface area contributed by atoms with Gasteiger partial charge in [0.25, 0.3) is 0 Å². The van der Waals surface area contributed by atoms with Gasteiger partial charge in [-0.2, -0.15) is 5.26 Å². The highest BCUT2D eigenvalue weighted by molar-refractivity contribution is 5.63. The van der Waals surface area contributed by atoms with E-state index in [2.05, 4.69) is 16.0 Å². The van der Waals surface area contributed by atoms with Crippen molar-refractivity contribution in [3.05, 3.63) is 36.0 Å². The molecule has 0 aliphatic carbocycles. The van der Waals surface area contributed by atoms with Crippen molar-refractivity contribution < 1.29 is 4.74 Å². The summed E-state index contributed by atoms with van der Waals surface area (Å²) in [4.78, 5) is 10.3. The Hall–Kier alpha value is -2.61. The third-order valence-corrected chi connectivity index (χ3v) is 2.59. The monoisotopic (exact) mass is 254 g/mol. The number of rotatable bonds is 3. The lowest BCUT2D eigenvalue weighted by atomic mass is 10.1. The fourth-order valence-electron chi connectivity index (χ4n) is 1.62. The molecule has 0 atom stereocenters. The van der Waals surface area contributed by atoms with E-state index in [0.29, 0.717) is 17.3 Å². The Balaban J connectivity index is 2.54. The van der Waals surface area contributed by atoms with Gasteiger partial charge >= 0.3 is 0 Å². The van der Waals surface area contributed by atoms with Crippen LogP contribution in [0.3, 0.4) is 0 Å². The first kappa shape index (κ1) is 12.8. The number of benzene rings is 1. The number of nitrogens with zero attached hydrogens (tertiary/aromatic N) is 4. The second-order valence-corrected chi connectivity index (χ2v) is 4.18. The van der Waals surface area contributed by atoms with Crippen LogP contribution >= 0.6 is 0 Å². The Morgan fingerprint density at radius 1 is 1.21 bits per heavy atom. The average Bonchev–Trinajstić information content (AvgIpc) is 2.46. The van der Waals surface area contributed by atoms with Gasteiger partial charge in [-0.05, 0) is 12.1 Å². The number of ether oxygens (including phenoxy) is 1. The van der Waals surface area contributed by atoms with Gasteiger partial charge in [0.1, 0.15) is 17.5 Å². The summed E-state index contributed by atoms with van der Waals surface area (Å²) in [5.74, 6) is 1.26. The van der Waals surface area contributed by atoms with Crippen molar-refractivity contribution in [2.75, 3.05) is 26.1 Å². The number of hydrogen-bond donors (Lipinski definition) is 0. The third kappa shape index (κ3) is 2.80. The van der Waals surface area contributed by atoms with Gasteiger partial charge in [0, 0.05) is 25.7 Å². The Labute approximate surface area is 112 Å². The normalized spacial score (nSPS) is 9.79. The van der Waals surface area contributed by atoms with Gasteiger partial charge in [-0.1, -0.05) is 12.1 Å². The lowest BCUT2D eigenvalue weighted by Gasteiger charge is -2.12. The zero-order valence-corrected chi connectivity index (χ0v) is 11.1. The molecule has 0 amide bonds. The summed E-state index contributed by atoms with van der Waals surface area (Å²) in [7, 11) is 5.29. The van der Waals surface area contributed by atoms with E-state index in [9.17, 15) is 0 Å². The molecule has 0 fully saturated rings. The van der Waals surface area contributed by atoms with E-state index >= 15 is 0 Å². The first-order chi connectivity index (χ1) is 9.13. The summed E-state index contributed by atoms with van der Waals surface area (Å²) in [5.41, 5.74) is 1.94. The number of anilines is 1. The van der Waals surface area contributed by atoms with E-state index in [1.165, 1.54) is 0 Å². The van der Waals surface area contributed by atoms with Crippen LogP contribution in [0.4, 0.5) is 5.95 Å². The largest absolute Gasteiger partial charge is 0.497 e. The van der Waals surface area contributed by atoms with Crippen molar-refractivity contribution in [2.24, 2.45) is 0 Å². The standard InChI is InChI=1S/C14H14N4O/c1-18(2)14-16-11(9-15)8-13(17-14)10-5-4-6-12(7-10)19-3/h4-8H,1-3H3. The molecular weight excluding hydrogens is 240 g/mol. The topological polar surface area (TPSA) is 62.0 Å². The number of aromatic nitrogens is 2. The smallest absolute Gasteiger partial charge is 0.226 e. The predicted molar refractivity (Wildman–Crippen MR) is 73.1 cm³/mol. The molecule has 2 aromatic rings. The fourth-order valence-corrected chi connectivity index (χ4v) is 1.62. The lowest BCUT2D eigenvalue weighted by Crippen LogP contribution is -2.13. The molecule has 0 bridgehead atoms. The van der Waals surface area contributed by atoms with Crippen molar-refractivity contribution in [1.29, 1.82) is 5.26 Å². The highest BCUT2D eigenvalue weighted by atomic mass is 16.5. The Morgan fingerprint density at radius 3 is 2.63 bits per heavy atom. The van der Waals surface area contributed by atoms with Gasteiger partial charge in [0.2, 0.25) is 5.95 Å². The SMILES string of the molecule is COc1cccc(-c2cc(C#N)nc(N(C)C)n2)c1. The summed E-state index contributed by atoms with van der Waals surface area (Å²) in [5, 5.41) is 9.03.